The standard InChI is InChI=1S/C15H21BrN2O2/c1-10-3-11(2)5-14(4-10)17-9-12-6-13(16)8-15(7-12)18(19)20/h6-8,10-11,14,17H,3-5,9H2,1-2H3. The summed E-state index contributed by atoms with van der Waals surface area (Å²) in [6.07, 6.45) is 3.70. The lowest BCUT2D eigenvalue weighted by atomic mass is 9.80. The first-order valence-electron chi connectivity index (χ1n) is 7.11. The molecule has 4 nitrogen and oxygen atoms in total. The van der Waals surface area contributed by atoms with E-state index in [0.717, 1.165) is 21.9 Å². The van der Waals surface area contributed by atoms with Crippen LogP contribution in [0, 0.1) is 22.0 Å². The van der Waals surface area contributed by atoms with E-state index in [1.54, 1.807) is 6.07 Å². The first kappa shape index (κ1) is 15.4. The van der Waals surface area contributed by atoms with Gasteiger partial charge in [0.25, 0.3) is 5.69 Å². The van der Waals surface area contributed by atoms with Crippen LogP contribution < -0.4 is 5.32 Å². The molecule has 1 N–H and O–H groups in total. The molecule has 0 saturated heterocycles. The Hall–Kier alpha value is -0.940. The molecule has 110 valence electrons. The smallest absolute Gasteiger partial charge is 0.270 e. The number of hydrogen-bond donors (Lipinski definition) is 1. The maximum Gasteiger partial charge on any atom is 0.270 e. The summed E-state index contributed by atoms with van der Waals surface area (Å²) < 4.78 is 0.758. The van der Waals surface area contributed by atoms with Gasteiger partial charge in [0.1, 0.15) is 0 Å². The number of nitrogens with one attached hydrogen (secondary N) is 1. The van der Waals surface area contributed by atoms with E-state index in [-0.39, 0.29) is 10.6 Å². The minimum absolute atomic E-state index is 0.140. The molecular weight excluding hydrogens is 320 g/mol. The average Bonchev–Trinajstić information content (AvgIpc) is 2.34. The number of halogens is 1. The number of non-ortho nitro benzene ring substituents is 1. The van der Waals surface area contributed by atoms with Crippen LogP contribution in [0.1, 0.15) is 38.7 Å². The van der Waals surface area contributed by atoms with Gasteiger partial charge in [-0.3, -0.25) is 10.1 Å². The fourth-order valence-electron chi connectivity index (χ4n) is 3.22. The molecule has 0 bridgehead atoms. The highest BCUT2D eigenvalue weighted by Gasteiger charge is 2.23. The van der Waals surface area contributed by atoms with E-state index in [1.165, 1.54) is 25.3 Å². The van der Waals surface area contributed by atoms with Gasteiger partial charge in [0.05, 0.1) is 4.92 Å². The molecule has 0 spiro atoms. The summed E-state index contributed by atoms with van der Waals surface area (Å²) in [5, 5.41) is 14.4. The third kappa shape index (κ3) is 4.28. The summed E-state index contributed by atoms with van der Waals surface area (Å²) in [7, 11) is 0. The predicted octanol–water partition coefficient (Wildman–Crippen LogP) is 4.27. The van der Waals surface area contributed by atoms with Crippen LogP contribution in [0.3, 0.4) is 0 Å². The molecule has 0 aliphatic heterocycles. The van der Waals surface area contributed by atoms with Crippen LogP contribution in [-0.4, -0.2) is 11.0 Å². The Morgan fingerprint density at radius 3 is 2.50 bits per heavy atom. The van der Waals surface area contributed by atoms with Crippen molar-refractivity contribution in [3.63, 3.8) is 0 Å². The van der Waals surface area contributed by atoms with Crippen molar-refractivity contribution in [1.82, 2.24) is 5.32 Å². The number of benzene rings is 1. The molecule has 2 atom stereocenters. The van der Waals surface area contributed by atoms with Gasteiger partial charge in [0.15, 0.2) is 0 Å². The van der Waals surface area contributed by atoms with E-state index in [2.05, 4.69) is 35.1 Å². The van der Waals surface area contributed by atoms with Crippen molar-refractivity contribution in [2.75, 3.05) is 0 Å². The van der Waals surface area contributed by atoms with Crippen molar-refractivity contribution >= 4 is 21.6 Å². The number of rotatable bonds is 4. The zero-order valence-corrected chi connectivity index (χ0v) is 13.5. The Labute approximate surface area is 128 Å². The van der Waals surface area contributed by atoms with E-state index >= 15 is 0 Å². The van der Waals surface area contributed by atoms with Gasteiger partial charge in [-0.2, -0.15) is 0 Å². The normalized spacial score (nSPS) is 26.4. The number of hydrogen-bond acceptors (Lipinski definition) is 3. The van der Waals surface area contributed by atoms with Gasteiger partial charge in [0.2, 0.25) is 0 Å². The van der Waals surface area contributed by atoms with Crippen molar-refractivity contribution in [1.29, 1.82) is 0 Å². The van der Waals surface area contributed by atoms with E-state index in [1.807, 2.05) is 6.07 Å². The maximum absolute atomic E-state index is 10.9. The van der Waals surface area contributed by atoms with Crippen molar-refractivity contribution in [3.8, 4) is 0 Å². The number of nitrogens with zero attached hydrogens (tertiary/aromatic N) is 1. The Morgan fingerprint density at radius 1 is 1.25 bits per heavy atom. The van der Waals surface area contributed by atoms with Crippen LogP contribution >= 0.6 is 15.9 Å². The monoisotopic (exact) mass is 340 g/mol. The molecule has 20 heavy (non-hydrogen) atoms. The lowest BCUT2D eigenvalue weighted by Crippen LogP contribution is -2.35. The van der Waals surface area contributed by atoms with Crippen LogP contribution in [0.2, 0.25) is 0 Å². The fraction of sp³-hybridized carbons (Fsp3) is 0.600. The molecule has 1 fully saturated rings. The quantitative estimate of drug-likeness (QED) is 0.657. The lowest BCUT2D eigenvalue weighted by Gasteiger charge is -2.32. The Bertz CT molecular complexity index is 483. The first-order valence-corrected chi connectivity index (χ1v) is 7.90. The number of nitro benzene ring substituents is 1. The molecule has 1 saturated carbocycles. The van der Waals surface area contributed by atoms with Crippen molar-refractivity contribution in [2.24, 2.45) is 11.8 Å². The number of nitro groups is 1. The van der Waals surface area contributed by atoms with Gasteiger partial charge in [-0.1, -0.05) is 29.8 Å². The maximum atomic E-state index is 10.9. The summed E-state index contributed by atoms with van der Waals surface area (Å²) in [6.45, 7) is 5.28. The van der Waals surface area contributed by atoms with Gasteiger partial charge in [0, 0.05) is 29.2 Å². The Kier molecular flexibility index (Phi) is 5.16. The largest absolute Gasteiger partial charge is 0.310 e. The SMILES string of the molecule is CC1CC(C)CC(NCc2cc(Br)cc([N+](=O)[O-])c2)C1. The third-order valence-corrected chi connectivity index (χ3v) is 4.38. The second-order valence-electron chi connectivity index (χ2n) is 6.07. The van der Waals surface area contributed by atoms with Crippen LogP contribution in [-0.2, 0) is 6.54 Å². The van der Waals surface area contributed by atoms with Crippen LogP contribution in [0.5, 0.6) is 0 Å². The summed E-state index contributed by atoms with van der Waals surface area (Å²) in [5.41, 5.74) is 1.10. The second-order valence-corrected chi connectivity index (χ2v) is 6.99. The molecular formula is C15H21BrN2O2. The molecule has 0 amide bonds. The molecule has 1 aromatic rings. The van der Waals surface area contributed by atoms with Crippen LogP contribution in [0.25, 0.3) is 0 Å². The molecule has 2 unspecified atom stereocenters. The predicted molar refractivity (Wildman–Crippen MR) is 83.6 cm³/mol. The van der Waals surface area contributed by atoms with Crippen LogP contribution in [0.15, 0.2) is 22.7 Å². The molecule has 0 aromatic heterocycles. The Morgan fingerprint density at radius 2 is 1.90 bits per heavy atom. The molecule has 1 aromatic carbocycles. The van der Waals surface area contributed by atoms with Crippen molar-refractivity contribution in [3.05, 3.63) is 38.3 Å². The highest BCUT2D eigenvalue weighted by atomic mass is 79.9. The van der Waals surface area contributed by atoms with Crippen LogP contribution in [0.4, 0.5) is 5.69 Å². The molecule has 1 aliphatic carbocycles. The summed E-state index contributed by atoms with van der Waals surface area (Å²) in [4.78, 5) is 10.5. The van der Waals surface area contributed by atoms with Gasteiger partial charge in [-0.05, 0) is 42.7 Å². The second kappa shape index (κ2) is 6.68. The van der Waals surface area contributed by atoms with Gasteiger partial charge < -0.3 is 5.32 Å². The highest BCUT2D eigenvalue weighted by Crippen LogP contribution is 2.29. The topological polar surface area (TPSA) is 55.2 Å². The average molecular weight is 341 g/mol. The third-order valence-electron chi connectivity index (χ3n) is 3.93. The van der Waals surface area contributed by atoms with Crippen molar-refractivity contribution in [2.45, 2.75) is 45.7 Å². The minimum Gasteiger partial charge on any atom is -0.310 e. The van der Waals surface area contributed by atoms with Crippen molar-refractivity contribution < 1.29 is 4.92 Å². The zero-order chi connectivity index (χ0) is 14.7. The van der Waals surface area contributed by atoms with Gasteiger partial charge in [-0.15, -0.1) is 0 Å². The lowest BCUT2D eigenvalue weighted by molar-refractivity contribution is -0.385. The van der Waals surface area contributed by atoms with E-state index in [0.29, 0.717) is 12.6 Å². The van der Waals surface area contributed by atoms with E-state index < -0.39 is 0 Å². The summed E-state index contributed by atoms with van der Waals surface area (Å²) in [5.74, 6) is 1.51. The fourth-order valence-corrected chi connectivity index (χ4v) is 3.75. The van der Waals surface area contributed by atoms with E-state index in [4.69, 9.17) is 0 Å². The molecule has 1 aliphatic rings. The van der Waals surface area contributed by atoms with Gasteiger partial charge in [-0.25, -0.2) is 0 Å². The highest BCUT2D eigenvalue weighted by molar-refractivity contribution is 9.10. The summed E-state index contributed by atoms with van der Waals surface area (Å²) in [6, 6.07) is 5.64. The molecule has 0 radical (unpaired) electrons. The zero-order valence-electron chi connectivity index (χ0n) is 11.9. The molecule has 0 heterocycles. The minimum atomic E-state index is -0.348. The summed E-state index contributed by atoms with van der Waals surface area (Å²) >= 11 is 3.33. The molecule has 2 rings (SSSR count). The van der Waals surface area contributed by atoms with Gasteiger partial charge >= 0.3 is 0 Å². The first-order chi connectivity index (χ1) is 9.44. The molecule has 5 heteroatoms. The van der Waals surface area contributed by atoms with E-state index in [9.17, 15) is 10.1 Å². The Balaban J connectivity index is 1.98.